The summed E-state index contributed by atoms with van der Waals surface area (Å²) in [4.78, 5) is 4.88. The maximum atomic E-state index is 8.69. The smallest absolute Gasteiger partial charge is 0.184 e. The van der Waals surface area contributed by atoms with Gasteiger partial charge in [0.15, 0.2) is 5.13 Å². The van der Waals surface area contributed by atoms with Gasteiger partial charge < -0.3 is 5.32 Å². The van der Waals surface area contributed by atoms with Gasteiger partial charge in [-0.15, -0.1) is 0 Å². The Morgan fingerprint density at radius 1 is 1.33 bits per heavy atom. The van der Waals surface area contributed by atoms with Gasteiger partial charge in [0, 0.05) is 6.04 Å². The fourth-order valence-electron chi connectivity index (χ4n) is 1.99. The monoisotopic (exact) mass is 221 g/mol. The van der Waals surface area contributed by atoms with E-state index in [1.807, 2.05) is 0 Å². The van der Waals surface area contributed by atoms with Crippen LogP contribution in [0, 0.1) is 11.3 Å². The predicted molar refractivity (Wildman–Crippen MR) is 61.9 cm³/mol. The molecule has 1 aromatic rings. The molecule has 0 radical (unpaired) electrons. The molecule has 0 atom stereocenters. The van der Waals surface area contributed by atoms with Crippen LogP contribution >= 0.6 is 11.3 Å². The summed E-state index contributed by atoms with van der Waals surface area (Å²) < 4.78 is 0. The lowest BCUT2D eigenvalue weighted by Crippen LogP contribution is -2.17. The molecule has 1 aromatic heterocycles. The van der Waals surface area contributed by atoms with E-state index in [0.717, 1.165) is 5.13 Å². The molecule has 1 saturated carbocycles. The molecule has 4 heteroatoms. The first-order valence-electron chi connectivity index (χ1n) is 5.51. The Morgan fingerprint density at radius 3 is 2.67 bits per heavy atom. The van der Waals surface area contributed by atoms with E-state index in [9.17, 15) is 0 Å². The summed E-state index contributed by atoms with van der Waals surface area (Å²) in [5.74, 6) is 0. The van der Waals surface area contributed by atoms with Crippen LogP contribution < -0.4 is 5.32 Å². The standard InChI is InChI=1S/C11H15N3S/c12-7-10-8-13-11(15-10)14-9-5-3-1-2-4-6-9/h8-9H,1-6H2,(H,13,14). The van der Waals surface area contributed by atoms with Gasteiger partial charge >= 0.3 is 0 Å². The summed E-state index contributed by atoms with van der Waals surface area (Å²) >= 11 is 1.45. The van der Waals surface area contributed by atoms with E-state index in [-0.39, 0.29) is 0 Å². The number of anilines is 1. The average molecular weight is 221 g/mol. The van der Waals surface area contributed by atoms with Crippen molar-refractivity contribution in [3.05, 3.63) is 11.1 Å². The Morgan fingerprint density at radius 2 is 2.07 bits per heavy atom. The molecular formula is C11H15N3S. The van der Waals surface area contributed by atoms with Gasteiger partial charge in [0.1, 0.15) is 10.9 Å². The van der Waals surface area contributed by atoms with Crippen molar-refractivity contribution >= 4 is 16.5 Å². The highest BCUT2D eigenvalue weighted by Crippen LogP contribution is 2.23. The van der Waals surface area contributed by atoms with Crippen LogP contribution in [0.5, 0.6) is 0 Å². The topological polar surface area (TPSA) is 48.7 Å². The van der Waals surface area contributed by atoms with Crippen LogP contribution in [0.4, 0.5) is 5.13 Å². The average Bonchev–Trinajstić information content (AvgIpc) is 2.54. The first-order chi connectivity index (χ1) is 7.38. The zero-order chi connectivity index (χ0) is 10.5. The highest BCUT2D eigenvalue weighted by atomic mass is 32.1. The van der Waals surface area contributed by atoms with Crippen molar-refractivity contribution in [1.29, 1.82) is 5.26 Å². The molecule has 1 N–H and O–H groups in total. The Labute approximate surface area is 94.1 Å². The minimum absolute atomic E-state index is 0.560. The molecule has 0 saturated heterocycles. The number of rotatable bonds is 2. The molecule has 15 heavy (non-hydrogen) atoms. The van der Waals surface area contributed by atoms with Crippen LogP contribution in [-0.4, -0.2) is 11.0 Å². The van der Waals surface area contributed by atoms with Crippen molar-refractivity contribution in [2.75, 3.05) is 5.32 Å². The number of thiazole rings is 1. The normalized spacial score (nSPS) is 18.1. The summed E-state index contributed by atoms with van der Waals surface area (Å²) in [7, 11) is 0. The largest absolute Gasteiger partial charge is 0.359 e. The van der Waals surface area contributed by atoms with Gasteiger partial charge in [-0.25, -0.2) is 4.98 Å². The van der Waals surface area contributed by atoms with Crippen LogP contribution in [0.3, 0.4) is 0 Å². The second kappa shape index (κ2) is 5.13. The quantitative estimate of drug-likeness (QED) is 0.780. The van der Waals surface area contributed by atoms with E-state index < -0.39 is 0 Å². The fourth-order valence-corrected chi connectivity index (χ4v) is 2.68. The van der Waals surface area contributed by atoms with E-state index in [1.54, 1.807) is 6.20 Å². The van der Waals surface area contributed by atoms with Crippen LogP contribution in [0.15, 0.2) is 6.20 Å². The van der Waals surface area contributed by atoms with Crippen LogP contribution in [0.1, 0.15) is 43.4 Å². The highest BCUT2D eigenvalue weighted by molar-refractivity contribution is 7.16. The zero-order valence-electron chi connectivity index (χ0n) is 8.70. The number of nitriles is 1. The van der Waals surface area contributed by atoms with Crippen LogP contribution in [0.2, 0.25) is 0 Å². The van der Waals surface area contributed by atoms with Crippen molar-refractivity contribution in [2.45, 2.75) is 44.6 Å². The van der Waals surface area contributed by atoms with Crippen molar-refractivity contribution in [2.24, 2.45) is 0 Å². The van der Waals surface area contributed by atoms with E-state index >= 15 is 0 Å². The van der Waals surface area contributed by atoms with Gasteiger partial charge in [-0.2, -0.15) is 5.26 Å². The third-order valence-corrected chi connectivity index (χ3v) is 3.63. The predicted octanol–water partition coefficient (Wildman–Crippen LogP) is 3.15. The second-order valence-corrected chi connectivity index (χ2v) is 5.00. The molecule has 0 bridgehead atoms. The van der Waals surface area contributed by atoms with Gasteiger partial charge in [-0.1, -0.05) is 37.0 Å². The number of nitrogens with zero attached hydrogens (tertiary/aromatic N) is 2. The first kappa shape index (κ1) is 10.4. The van der Waals surface area contributed by atoms with Gasteiger partial charge in [0.25, 0.3) is 0 Å². The summed E-state index contributed by atoms with van der Waals surface area (Å²) in [6.45, 7) is 0. The van der Waals surface area contributed by atoms with Crippen molar-refractivity contribution < 1.29 is 0 Å². The van der Waals surface area contributed by atoms with E-state index in [0.29, 0.717) is 10.9 Å². The molecule has 0 amide bonds. The minimum atomic E-state index is 0.560. The Kier molecular flexibility index (Phi) is 3.57. The summed E-state index contributed by atoms with van der Waals surface area (Å²) in [6.07, 6.45) is 9.47. The number of hydrogen-bond donors (Lipinski definition) is 1. The van der Waals surface area contributed by atoms with Crippen molar-refractivity contribution in [3.63, 3.8) is 0 Å². The summed E-state index contributed by atoms with van der Waals surface area (Å²) in [6, 6.07) is 2.67. The number of nitrogens with one attached hydrogen (secondary N) is 1. The van der Waals surface area contributed by atoms with E-state index in [2.05, 4.69) is 16.4 Å². The number of hydrogen-bond acceptors (Lipinski definition) is 4. The maximum Gasteiger partial charge on any atom is 0.184 e. The van der Waals surface area contributed by atoms with Crippen LogP contribution in [0.25, 0.3) is 0 Å². The Balaban J connectivity index is 1.92. The molecule has 0 spiro atoms. The SMILES string of the molecule is N#Cc1cnc(NC2CCCCCC2)s1. The lowest BCUT2D eigenvalue weighted by molar-refractivity contribution is 0.619. The molecule has 1 aliphatic carbocycles. The highest BCUT2D eigenvalue weighted by Gasteiger charge is 2.13. The van der Waals surface area contributed by atoms with Crippen molar-refractivity contribution in [1.82, 2.24) is 4.98 Å². The van der Waals surface area contributed by atoms with Gasteiger partial charge in [0.05, 0.1) is 6.20 Å². The molecule has 2 rings (SSSR count). The minimum Gasteiger partial charge on any atom is -0.359 e. The maximum absolute atomic E-state index is 8.69. The molecule has 0 unspecified atom stereocenters. The first-order valence-corrected chi connectivity index (χ1v) is 6.32. The Bertz CT molecular complexity index is 345. The zero-order valence-corrected chi connectivity index (χ0v) is 9.52. The van der Waals surface area contributed by atoms with Crippen molar-refractivity contribution in [3.8, 4) is 6.07 Å². The van der Waals surface area contributed by atoms with Crippen LogP contribution in [-0.2, 0) is 0 Å². The molecule has 1 fully saturated rings. The third kappa shape index (κ3) is 2.93. The molecule has 3 nitrogen and oxygen atoms in total. The summed E-state index contributed by atoms with van der Waals surface area (Å²) in [5.41, 5.74) is 0. The van der Waals surface area contributed by atoms with E-state index in [1.165, 1.54) is 49.9 Å². The third-order valence-electron chi connectivity index (χ3n) is 2.80. The second-order valence-electron chi connectivity index (χ2n) is 3.97. The lowest BCUT2D eigenvalue weighted by Gasteiger charge is -2.14. The summed E-state index contributed by atoms with van der Waals surface area (Å²) in [5, 5.41) is 13.0. The van der Waals surface area contributed by atoms with Gasteiger partial charge in [-0.05, 0) is 12.8 Å². The molecule has 1 aliphatic rings. The fraction of sp³-hybridized carbons (Fsp3) is 0.636. The Hall–Kier alpha value is -1.08. The molecular weight excluding hydrogens is 206 g/mol. The molecule has 80 valence electrons. The molecule has 1 heterocycles. The molecule has 0 aromatic carbocycles. The van der Waals surface area contributed by atoms with Gasteiger partial charge in [0.2, 0.25) is 0 Å². The lowest BCUT2D eigenvalue weighted by atomic mass is 10.1. The van der Waals surface area contributed by atoms with Gasteiger partial charge in [-0.3, -0.25) is 0 Å². The number of aromatic nitrogens is 1. The molecule has 0 aliphatic heterocycles. The van der Waals surface area contributed by atoms with E-state index in [4.69, 9.17) is 5.26 Å².